The highest BCUT2D eigenvalue weighted by Gasteiger charge is 2.18. The lowest BCUT2D eigenvalue weighted by molar-refractivity contribution is 0.706. The molecule has 1 unspecified atom stereocenters. The summed E-state index contributed by atoms with van der Waals surface area (Å²) in [5, 5.41) is 0. The highest BCUT2D eigenvalue weighted by molar-refractivity contribution is 5.55. The quantitative estimate of drug-likeness (QED) is 0.924. The molecule has 1 heterocycles. The minimum Gasteiger partial charge on any atom is -0.367 e. The van der Waals surface area contributed by atoms with Crippen LogP contribution in [-0.4, -0.2) is 12.6 Å². The molecule has 1 atom stereocenters. The summed E-state index contributed by atoms with van der Waals surface area (Å²) >= 11 is 0. The van der Waals surface area contributed by atoms with E-state index in [2.05, 4.69) is 60.4 Å². The van der Waals surface area contributed by atoms with Gasteiger partial charge in [-0.1, -0.05) is 42.5 Å². The van der Waals surface area contributed by atoms with E-state index >= 15 is 0 Å². The molecule has 0 radical (unpaired) electrons. The lowest BCUT2D eigenvalue weighted by Crippen LogP contribution is -2.31. The zero-order valence-corrected chi connectivity index (χ0v) is 12.0. The van der Waals surface area contributed by atoms with Gasteiger partial charge < -0.3 is 10.6 Å². The topological polar surface area (TPSA) is 29.3 Å². The van der Waals surface area contributed by atoms with Crippen molar-refractivity contribution in [1.82, 2.24) is 0 Å². The highest BCUT2D eigenvalue weighted by atomic mass is 15.1. The number of nitrogens with two attached hydrogens (primary N) is 1. The predicted octanol–water partition coefficient (Wildman–Crippen LogP) is 3.14. The molecule has 0 fully saturated rings. The normalized spacial score (nSPS) is 15.8. The van der Waals surface area contributed by atoms with Crippen molar-refractivity contribution in [3.05, 3.63) is 65.2 Å². The minimum atomic E-state index is 0.202. The van der Waals surface area contributed by atoms with Crippen molar-refractivity contribution in [2.24, 2.45) is 5.73 Å². The molecule has 20 heavy (non-hydrogen) atoms. The molecular formula is C18H22N2. The molecule has 3 rings (SSSR count). The molecule has 2 aromatic carbocycles. The van der Waals surface area contributed by atoms with Crippen molar-refractivity contribution >= 4 is 5.69 Å². The van der Waals surface area contributed by atoms with Gasteiger partial charge in [-0.05, 0) is 42.5 Å². The van der Waals surface area contributed by atoms with Gasteiger partial charge in [-0.15, -0.1) is 0 Å². The van der Waals surface area contributed by atoms with Gasteiger partial charge in [-0.2, -0.15) is 0 Å². The smallest absolute Gasteiger partial charge is 0.0432 e. The fourth-order valence-electron chi connectivity index (χ4n) is 3.04. The molecule has 1 aliphatic rings. The summed E-state index contributed by atoms with van der Waals surface area (Å²) in [5.41, 5.74) is 11.6. The standard InChI is InChI=1S/C18H22N2/c1-14(19)12-16-7-4-5-9-18(16)20-11-10-15-6-2-3-8-17(15)13-20/h2-9,14H,10-13,19H2,1H3. The van der Waals surface area contributed by atoms with Crippen LogP contribution in [0.15, 0.2) is 48.5 Å². The number of nitrogens with zero attached hydrogens (tertiary/aromatic N) is 1. The Balaban J connectivity index is 1.88. The Bertz CT molecular complexity index is 589. The first-order chi connectivity index (χ1) is 9.74. The van der Waals surface area contributed by atoms with Gasteiger partial charge in [0.1, 0.15) is 0 Å². The first-order valence-electron chi connectivity index (χ1n) is 7.39. The van der Waals surface area contributed by atoms with E-state index < -0.39 is 0 Å². The van der Waals surface area contributed by atoms with Crippen LogP contribution in [0.1, 0.15) is 23.6 Å². The average Bonchev–Trinajstić information content (AvgIpc) is 2.47. The van der Waals surface area contributed by atoms with Gasteiger partial charge in [0.15, 0.2) is 0 Å². The lowest BCUT2D eigenvalue weighted by atomic mass is 9.97. The summed E-state index contributed by atoms with van der Waals surface area (Å²) in [5.74, 6) is 0. The molecule has 104 valence electrons. The number of hydrogen-bond acceptors (Lipinski definition) is 2. The molecule has 0 aromatic heterocycles. The van der Waals surface area contributed by atoms with Crippen LogP contribution in [0.5, 0.6) is 0 Å². The monoisotopic (exact) mass is 266 g/mol. The summed E-state index contributed by atoms with van der Waals surface area (Å²) in [6, 6.07) is 17.6. The van der Waals surface area contributed by atoms with E-state index in [9.17, 15) is 0 Å². The fourth-order valence-corrected chi connectivity index (χ4v) is 3.04. The van der Waals surface area contributed by atoms with E-state index in [0.717, 1.165) is 25.9 Å². The second kappa shape index (κ2) is 5.68. The summed E-state index contributed by atoms with van der Waals surface area (Å²) in [6.45, 7) is 4.17. The first kappa shape index (κ1) is 13.2. The molecule has 2 nitrogen and oxygen atoms in total. The molecule has 0 saturated carbocycles. The van der Waals surface area contributed by atoms with Crippen molar-refractivity contribution in [1.29, 1.82) is 0 Å². The molecule has 0 amide bonds. The van der Waals surface area contributed by atoms with Gasteiger partial charge in [0.2, 0.25) is 0 Å². The summed E-state index contributed by atoms with van der Waals surface area (Å²) in [7, 11) is 0. The fraction of sp³-hybridized carbons (Fsp3) is 0.333. The van der Waals surface area contributed by atoms with Crippen LogP contribution >= 0.6 is 0 Å². The van der Waals surface area contributed by atoms with Crippen LogP contribution in [0.25, 0.3) is 0 Å². The Morgan fingerprint density at radius 2 is 1.75 bits per heavy atom. The third kappa shape index (κ3) is 2.70. The molecule has 0 bridgehead atoms. The summed E-state index contributed by atoms with van der Waals surface area (Å²) in [6.07, 6.45) is 2.07. The highest BCUT2D eigenvalue weighted by Crippen LogP contribution is 2.27. The molecular weight excluding hydrogens is 244 g/mol. The molecule has 2 heteroatoms. The summed E-state index contributed by atoms with van der Waals surface area (Å²) < 4.78 is 0. The van der Waals surface area contributed by atoms with Crippen molar-refractivity contribution in [2.75, 3.05) is 11.4 Å². The Hall–Kier alpha value is -1.80. The zero-order chi connectivity index (χ0) is 13.9. The largest absolute Gasteiger partial charge is 0.367 e. The van der Waals surface area contributed by atoms with Crippen molar-refractivity contribution < 1.29 is 0 Å². The van der Waals surface area contributed by atoms with E-state index in [1.165, 1.54) is 22.4 Å². The summed E-state index contributed by atoms with van der Waals surface area (Å²) in [4.78, 5) is 2.49. The van der Waals surface area contributed by atoms with Gasteiger partial charge in [-0.3, -0.25) is 0 Å². The zero-order valence-electron chi connectivity index (χ0n) is 12.0. The molecule has 0 spiro atoms. The Labute approximate surface area is 121 Å². The molecule has 0 saturated heterocycles. The van der Waals surface area contributed by atoms with Crippen molar-refractivity contribution in [3.63, 3.8) is 0 Å². The molecule has 1 aliphatic heterocycles. The second-order valence-corrected chi connectivity index (χ2v) is 5.75. The molecule has 0 aliphatic carbocycles. The van der Waals surface area contributed by atoms with Crippen LogP contribution < -0.4 is 10.6 Å². The van der Waals surface area contributed by atoms with E-state index in [4.69, 9.17) is 5.73 Å². The number of fused-ring (bicyclic) bond motifs is 1. The Morgan fingerprint density at radius 1 is 1.05 bits per heavy atom. The van der Waals surface area contributed by atoms with E-state index in [0.29, 0.717) is 0 Å². The first-order valence-corrected chi connectivity index (χ1v) is 7.39. The van der Waals surface area contributed by atoms with Crippen molar-refractivity contribution in [2.45, 2.75) is 32.4 Å². The molecule has 2 aromatic rings. The molecule has 2 N–H and O–H groups in total. The maximum Gasteiger partial charge on any atom is 0.0432 e. The number of rotatable bonds is 3. The van der Waals surface area contributed by atoms with Gasteiger partial charge in [0.25, 0.3) is 0 Å². The predicted molar refractivity (Wildman–Crippen MR) is 85.0 cm³/mol. The number of anilines is 1. The van der Waals surface area contributed by atoms with E-state index in [1.54, 1.807) is 0 Å². The third-order valence-corrected chi connectivity index (χ3v) is 4.00. The second-order valence-electron chi connectivity index (χ2n) is 5.75. The third-order valence-electron chi connectivity index (χ3n) is 4.00. The maximum atomic E-state index is 5.98. The van der Waals surface area contributed by atoms with Crippen LogP contribution in [0, 0.1) is 0 Å². The number of para-hydroxylation sites is 1. The van der Waals surface area contributed by atoms with Gasteiger partial charge in [0, 0.05) is 24.8 Å². The van der Waals surface area contributed by atoms with Gasteiger partial charge >= 0.3 is 0 Å². The van der Waals surface area contributed by atoms with Crippen LogP contribution in [-0.2, 0) is 19.4 Å². The number of benzene rings is 2. The van der Waals surface area contributed by atoms with Gasteiger partial charge in [0.05, 0.1) is 0 Å². The van der Waals surface area contributed by atoms with Crippen LogP contribution in [0.2, 0.25) is 0 Å². The minimum absolute atomic E-state index is 0.202. The van der Waals surface area contributed by atoms with Crippen LogP contribution in [0.4, 0.5) is 5.69 Å². The van der Waals surface area contributed by atoms with E-state index in [-0.39, 0.29) is 6.04 Å². The Morgan fingerprint density at radius 3 is 2.55 bits per heavy atom. The maximum absolute atomic E-state index is 5.98. The average molecular weight is 266 g/mol. The SMILES string of the molecule is CC(N)Cc1ccccc1N1CCc2ccccc2C1. The van der Waals surface area contributed by atoms with E-state index in [1.807, 2.05) is 0 Å². The van der Waals surface area contributed by atoms with Crippen LogP contribution in [0.3, 0.4) is 0 Å². The lowest BCUT2D eigenvalue weighted by Gasteiger charge is -2.32. The Kier molecular flexibility index (Phi) is 3.75. The van der Waals surface area contributed by atoms with Gasteiger partial charge in [-0.25, -0.2) is 0 Å². The number of hydrogen-bond donors (Lipinski definition) is 1. The van der Waals surface area contributed by atoms with Crippen molar-refractivity contribution in [3.8, 4) is 0 Å².